The van der Waals surface area contributed by atoms with Gasteiger partial charge in [0.2, 0.25) is 11.8 Å². The van der Waals surface area contributed by atoms with Gasteiger partial charge in [-0.15, -0.1) is 0 Å². The summed E-state index contributed by atoms with van der Waals surface area (Å²) in [6, 6.07) is 11.9. The number of aromatic nitrogens is 2. The first-order valence-corrected chi connectivity index (χ1v) is 13.9. The van der Waals surface area contributed by atoms with Crippen molar-refractivity contribution < 1.29 is 19.4 Å². The van der Waals surface area contributed by atoms with E-state index in [9.17, 15) is 14.7 Å². The molecule has 6 rings (SSSR count). The summed E-state index contributed by atoms with van der Waals surface area (Å²) in [5.41, 5.74) is 2.93. The van der Waals surface area contributed by atoms with Crippen molar-refractivity contribution in [3.63, 3.8) is 0 Å². The van der Waals surface area contributed by atoms with E-state index in [0.29, 0.717) is 51.8 Å². The average molecular weight is 543 g/mol. The molecule has 0 bridgehead atoms. The van der Waals surface area contributed by atoms with E-state index in [1.165, 1.54) is 6.08 Å². The Bertz CT molecular complexity index is 1450. The highest BCUT2D eigenvalue weighted by Crippen LogP contribution is 2.36. The van der Waals surface area contributed by atoms with Crippen molar-refractivity contribution in [2.45, 2.75) is 38.3 Å². The zero-order valence-electron chi connectivity index (χ0n) is 22.5. The molecule has 3 aromatic rings. The molecular formula is C30H34N6O4. The minimum Gasteiger partial charge on any atom is -0.508 e. The normalized spacial score (nSPS) is 19.2. The van der Waals surface area contributed by atoms with Gasteiger partial charge < -0.3 is 29.9 Å². The van der Waals surface area contributed by atoms with Crippen molar-refractivity contribution >= 4 is 34.1 Å². The topological polar surface area (TPSA) is 111 Å². The molecule has 0 aliphatic carbocycles. The summed E-state index contributed by atoms with van der Waals surface area (Å²) in [5.74, 6) is 1.07. The molecule has 4 heterocycles. The minimum absolute atomic E-state index is 0.0489. The van der Waals surface area contributed by atoms with Gasteiger partial charge in [0.1, 0.15) is 18.2 Å². The number of hydrogen-bond donors (Lipinski definition) is 2. The number of piperazine rings is 1. The molecule has 0 unspecified atom stereocenters. The van der Waals surface area contributed by atoms with Gasteiger partial charge in [0, 0.05) is 61.8 Å². The molecule has 2 saturated heterocycles. The first-order chi connectivity index (χ1) is 19.5. The molecule has 2 aromatic carbocycles. The van der Waals surface area contributed by atoms with Crippen molar-refractivity contribution in [3.8, 4) is 11.8 Å². The molecule has 10 heteroatoms. The first-order valence-electron chi connectivity index (χ1n) is 13.9. The highest BCUT2D eigenvalue weighted by Gasteiger charge is 2.29. The number of piperidine rings is 1. The summed E-state index contributed by atoms with van der Waals surface area (Å²) >= 11 is 0. The first kappa shape index (κ1) is 25.9. The van der Waals surface area contributed by atoms with Gasteiger partial charge in [0.25, 0.3) is 0 Å². The highest BCUT2D eigenvalue weighted by molar-refractivity contribution is 5.95. The number of aromatic hydroxyl groups is 1. The summed E-state index contributed by atoms with van der Waals surface area (Å²) in [4.78, 5) is 40.0. The van der Waals surface area contributed by atoms with Crippen LogP contribution in [0, 0.1) is 0 Å². The molecule has 0 radical (unpaired) electrons. The number of carbonyl (C=O) groups excluding carboxylic acids is 2. The summed E-state index contributed by atoms with van der Waals surface area (Å²) in [7, 11) is 0. The lowest BCUT2D eigenvalue weighted by Crippen LogP contribution is -2.49. The number of rotatable bonds is 6. The van der Waals surface area contributed by atoms with E-state index in [4.69, 9.17) is 14.7 Å². The van der Waals surface area contributed by atoms with Gasteiger partial charge in [0.05, 0.1) is 18.3 Å². The molecule has 0 saturated carbocycles. The Morgan fingerprint density at radius 3 is 2.73 bits per heavy atom. The Morgan fingerprint density at radius 1 is 1.10 bits per heavy atom. The van der Waals surface area contributed by atoms with Crippen LogP contribution in [0.3, 0.4) is 0 Å². The molecule has 2 fully saturated rings. The van der Waals surface area contributed by atoms with Gasteiger partial charge in [-0.05, 0) is 36.8 Å². The third-order valence-corrected chi connectivity index (χ3v) is 7.99. The Balaban J connectivity index is 1.30. The molecule has 0 spiro atoms. The second-order valence-corrected chi connectivity index (χ2v) is 10.6. The standard InChI is InChI=1S/C30H34N6O4/c1-2-28(39)34-12-14-35(15-13-34)29-24-10-11-36(26-17-22(37)16-20-6-3-4-8-23(20)26)18-25(24)32-30(33-29)40-19-21-7-5-9-27(38)31-21/h2-4,6,8,16-17,21,37H,1,5,7,9-15,18-19H2,(H,31,38)/t21-/m0/s1. The second-order valence-electron chi connectivity index (χ2n) is 10.6. The number of nitrogens with one attached hydrogen (secondary N) is 1. The summed E-state index contributed by atoms with van der Waals surface area (Å²) < 4.78 is 6.10. The van der Waals surface area contributed by atoms with E-state index in [1.54, 1.807) is 11.0 Å². The smallest absolute Gasteiger partial charge is 0.318 e. The Hall–Kier alpha value is -4.34. The Morgan fingerprint density at radius 2 is 1.93 bits per heavy atom. The van der Waals surface area contributed by atoms with Crippen LogP contribution in [-0.2, 0) is 22.6 Å². The molecule has 2 amide bonds. The van der Waals surface area contributed by atoms with Crippen LogP contribution in [0.4, 0.5) is 11.5 Å². The van der Waals surface area contributed by atoms with Crippen LogP contribution in [0.2, 0.25) is 0 Å². The number of ether oxygens (including phenoxy) is 1. The third kappa shape index (κ3) is 5.25. The fraction of sp³-hybridized carbons (Fsp3) is 0.400. The van der Waals surface area contributed by atoms with Crippen LogP contribution >= 0.6 is 0 Å². The molecule has 3 aliphatic heterocycles. The molecule has 3 aliphatic rings. The van der Waals surface area contributed by atoms with Crippen LogP contribution in [0.15, 0.2) is 49.1 Å². The minimum atomic E-state index is -0.0621. The number of nitrogens with zero attached hydrogens (tertiary/aromatic N) is 5. The Labute approximate surface area is 233 Å². The maximum atomic E-state index is 12.1. The van der Waals surface area contributed by atoms with Crippen LogP contribution < -0.4 is 19.9 Å². The van der Waals surface area contributed by atoms with Crippen LogP contribution in [0.5, 0.6) is 11.8 Å². The zero-order chi connectivity index (χ0) is 27.6. The maximum absolute atomic E-state index is 12.1. The number of carbonyl (C=O) groups is 2. The lowest BCUT2D eigenvalue weighted by molar-refractivity contribution is -0.126. The van der Waals surface area contributed by atoms with Gasteiger partial charge >= 0.3 is 6.01 Å². The molecule has 10 nitrogen and oxygen atoms in total. The van der Waals surface area contributed by atoms with E-state index in [0.717, 1.165) is 59.3 Å². The predicted octanol–water partition coefficient (Wildman–Crippen LogP) is 2.78. The number of phenolic OH excluding ortho intramolecular Hbond substituents is 1. The van der Waals surface area contributed by atoms with Gasteiger partial charge in [-0.3, -0.25) is 9.59 Å². The number of amides is 2. The SMILES string of the molecule is C=CC(=O)N1CCN(c2nc(OC[C@@H]3CCCC(=O)N3)nc3c2CCN(c2cc(O)cc4ccccc24)C3)CC1. The fourth-order valence-electron chi connectivity index (χ4n) is 5.91. The van der Waals surface area contributed by atoms with E-state index in [1.807, 2.05) is 24.3 Å². The zero-order valence-corrected chi connectivity index (χ0v) is 22.5. The number of phenols is 1. The molecule has 1 atom stereocenters. The van der Waals surface area contributed by atoms with Crippen molar-refractivity contribution in [2.24, 2.45) is 0 Å². The summed E-state index contributed by atoms with van der Waals surface area (Å²) in [6.07, 6.45) is 4.35. The van der Waals surface area contributed by atoms with Gasteiger partial charge in [-0.1, -0.05) is 30.8 Å². The summed E-state index contributed by atoms with van der Waals surface area (Å²) in [5, 5.41) is 15.5. The van der Waals surface area contributed by atoms with Gasteiger partial charge in [-0.25, -0.2) is 0 Å². The Kier molecular flexibility index (Phi) is 7.15. The molecule has 208 valence electrons. The van der Waals surface area contributed by atoms with Crippen molar-refractivity contribution in [1.29, 1.82) is 0 Å². The van der Waals surface area contributed by atoms with E-state index in [-0.39, 0.29) is 23.6 Å². The second kappa shape index (κ2) is 11.0. The van der Waals surface area contributed by atoms with Crippen molar-refractivity contribution in [2.75, 3.05) is 49.1 Å². The largest absolute Gasteiger partial charge is 0.508 e. The molecule has 1 aromatic heterocycles. The summed E-state index contributed by atoms with van der Waals surface area (Å²) in [6.45, 7) is 7.72. The maximum Gasteiger partial charge on any atom is 0.318 e. The monoisotopic (exact) mass is 542 g/mol. The highest BCUT2D eigenvalue weighted by atomic mass is 16.5. The van der Waals surface area contributed by atoms with Gasteiger partial charge in [-0.2, -0.15) is 9.97 Å². The predicted molar refractivity (Wildman–Crippen MR) is 153 cm³/mol. The van der Waals surface area contributed by atoms with Crippen LogP contribution in [0.1, 0.15) is 30.5 Å². The van der Waals surface area contributed by atoms with Gasteiger partial charge in [0.15, 0.2) is 0 Å². The van der Waals surface area contributed by atoms with Crippen molar-refractivity contribution in [1.82, 2.24) is 20.2 Å². The molecule has 40 heavy (non-hydrogen) atoms. The number of fused-ring (bicyclic) bond motifs is 2. The van der Waals surface area contributed by atoms with Crippen LogP contribution in [-0.4, -0.2) is 77.2 Å². The quantitative estimate of drug-likeness (QED) is 0.458. The fourth-order valence-corrected chi connectivity index (χ4v) is 5.91. The number of hydrogen-bond acceptors (Lipinski definition) is 8. The lowest BCUT2D eigenvalue weighted by atomic mass is 10.0. The number of benzene rings is 2. The molecule has 2 N–H and O–H groups in total. The van der Waals surface area contributed by atoms with E-state index < -0.39 is 0 Å². The van der Waals surface area contributed by atoms with Crippen molar-refractivity contribution in [3.05, 3.63) is 60.3 Å². The number of anilines is 2. The lowest BCUT2D eigenvalue weighted by Gasteiger charge is -2.38. The third-order valence-electron chi connectivity index (χ3n) is 7.99. The van der Waals surface area contributed by atoms with Crippen LogP contribution in [0.25, 0.3) is 10.8 Å². The molecular weight excluding hydrogens is 508 g/mol. The van der Waals surface area contributed by atoms with E-state index >= 15 is 0 Å². The van der Waals surface area contributed by atoms with E-state index in [2.05, 4.69) is 27.8 Å². The average Bonchev–Trinajstić information content (AvgIpc) is 2.98.